The van der Waals surface area contributed by atoms with Gasteiger partial charge in [0.1, 0.15) is 5.82 Å². The van der Waals surface area contributed by atoms with Crippen molar-refractivity contribution in [2.75, 3.05) is 5.73 Å². The number of fused-ring (bicyclic) bond motifs is 1. The molecule has 1 aromatic heterocycles. The topological polar surface area (TPSA) is 38.9 Å². The van der Waals surface area contributed by atoms with Crippen molar-refractivity contribution in [3.05, 3.63) is 23.4 Å². The Morgan fingerprint density at radius 2 is 2.29 bits per heavy atom. The molecule has 0 saturated heterocycles. The van der Waals surface area contributed by atoms with E-state index in [-0.39, 0.29) is 0 Å². The molecule has 1 aromatic rings. The van der Waals surface area contributed by atoms with E-state index in [2.05, 4.69) is 24.9 Å². The monoisotopic (exact) mass is 190 g/mol. The SMILES string of the molecule is CC(C)C1CCc2c(ccnc2N)C1. The number of hydrogen-bond donors (Lipinski definition) is 1. The maximum atomic E-state index is 5.85. The Morgan fingerprint density at radius 1 is 1.50 bits per heavy atom. The third-order valence-electron chi connectivity index (χ3n) is 3.38. The van der Waals surface area contributed by atoms with Crippen LogP contribution in [0.4, 0.5) is 5.82 Å². The highest BCUT2D eigenvalue weighted by Crippen LogP contribution is 2.31. The largest absolute Gasteiger partial charge is 0.383 e. The van der Waals surface area contributed by atoms with Crippen molar-refractivity contribution in [1.29, 1.82) is 0 Å². The van der Waals surface area contributed by atoms with Crippen molar-refractivity contribution in [2.45, 2.75) is 33.1 Å². The Labute approximate surface area is 85.5 Å². The van der Waals surface area contributed by atoms with E-state index < -0.39 is 0 Å². The molecule has 0 radical (unpaired) electrons. The summed E-state index contributed by atoms with van der Waals surface area (Å²) in [6.45, 7) is 4.61. The van der Waals surface area contributed by atoms with Gasteiger partial charge in [-0.2, -0.15) is 0 Å². The maximum absolute atomic E-state index is 5.85. The van der Waals surface area contributed by atoms with Crippen molar-refractivity contribution >= 4 is 5.82 Å². The van der Waals surface area contributed by atoms with E-state index in [4.69, 9.17) is 5.73 Å². The standard InChI is InChI=1S/C12H18N2/c1-8(2)9-3-4-11-10(7-9)5-6-14-12(11)13/h5-6,8-9H,3-4,7H2,1-2H3,(H2,13,14). The zero-order chi connectivity index (χ0) is 10.1. The molecule has 0 aliphatic heterocycles. The van der Waals surface area contributed by atoms with Gasteiger partial charge in [0.2, 0.25) is 0 Å². The second-order valence-corrected chi connectivity index (χ2v) is 4.58. The molecule has 2 N–H and O–H groups in total. The minimum absolute atomic E-state index is 0.740. The normalized spacial score (nSPS) is 20.9. The molecular weight excluding hydrogens is 172 g/mol. The minimum atomic E-state index is 0.740. The Morgan fingerprint density at radius 3 is 3.00 bits per heavy atom. The lowest BCUT2D eigenvalue weighted by atomic mass is 9.79. The van der Waals surface area contributed by atoms with Crippen LogP contribution in [-0.4, -0.2) is 4.98 Å². The number of nitrogen functional groups attached to an aromatic ring is 1. The predicted molar refractivity (Wildman–Crippen MR) is 59.0 cm³/mol. The van der Waals surface area contributed by atoms with Gasteiger partial charge in [0, 0.05) is 6.20 Å². The smallest absolute Gasteiger partial charge is 0.126 e. The summed E-state index contributed by atoms with van der Waals surface area (Å²) in [6, 6.07) is 2.13. The average molecular weight is 190 g/mol. The molecule has 2 heteroatoms. The molecule has 1 aliphatic carbocycles. The Hall–Kier alpha value is -1.05. The fraction of sp³-hybridized carbons (Fsp3) is 0.583. The zero-order valence-electron chi connectivity index (χ0n) is 8.96. The lowest BCUT2D eigenvalue weighted by Gasteiger charge is -2.27. The van der Waals surface area contributed by atoms with Crippen LogP contribution in [-0.2, 0) is 12.8 Å². The van der Waals surface area contributed by atoms with Gasteiger partial charge in [-0.05, 0) is 48.3 Å². The highest BCUT2D eigenvalue weighted by atomic mass is 14.8. The van der Waals surface area contributed by atoms with E-state index in [0.29, 0.717) is 0 Å². The molecule has 0 saturated carbocycles. The lowest BCUT2D eigenvalue weighted by molar-refractivity contribution is 0.343. The number of nitrogens with two attached hydrogens (primary N) is 1. The van der Waals surface area contributed by atoms with Gasteiger partial charge in [0.25, 0.3) is 0 Å². The first kappa shape index (κ1) is 9.50. The fourth-order valence-electron chi connectivity index (χ4n) is 2.31. The molecule has 2 nitrogen and oxygen atoms in total. The van der Waals surface area contributed by atoms with E-state index in [1.165, 1.54) is 24.0 Å². The van der Waals surface area contributed by atoms with E-state index in [0.717, 1.165) is 24.1 Å². The van der Waals surface area contributed by atoms with E-state index in [1.54, 1.807) is 0 Å². The van der Waals surface area contributed by atoms with Gasteiger partial charge in [-0.3, -0.25) is 0 Å². The number of pyridine rings is 1. The molecule has 14 heavy (non-hydrogen) atoms. The quantitative estimate of drug-likeness (QED) is 0.738. The Kier molecular flexibility index (Phi) is 2.44. The highest BCUT2D eigenvalue weighted by molar-refractivity contribution is 5.45. The van der Waals surface area contributed by atoms with Gasteiger partial charge in [0.15, 0.2) is 0 Å². The van der Waals surface area contributed by atoms with Crippen LogP contribution in [0.3, 0.4) is 0 Å². The summed E-state index contributed by atoms with van der Waals surface area (Å²) in [6.07, 6.45) is 5.38. The van der Waals surface area contributed by atoms with Crippen molar-refractivity contribution < 1.29 is 0 Å². The molecule has 0 spiro atoms. The predicted octanol–water partition coefficient (Wildman–Crippen LogP) is 2.42. The van der Waals surface area contributed by atoms with E-state index in [9.17, 15) is 0 Å². The Bertz CT molecular complexity index is 331. The van der Waals surface area contributed by atoms with Gasteiger partial charge < -0.3 is 5.73 Å². The van der Waals surface area contributed by atoms with E-state index >= 15 is 0 Å². The van der Waals surface area contributed by atoms with Crippen molar-refractivity contribution in [2.24, 2.45) is 11.8 Å². The fourth-order valence-corrected chi connectivity index (χ4v) is 2.31. The van der Waals surface area contributed by atoms with Crippen LogP contribution in [0.1, 0.15) is 31.4 Å². The zero-order valence-corrected chi connectivity index (χ0v) is 8.96. The maximum Gasteiger partial charge on any atom is 0.126 e. The molecule has 1 aliphatic rings. The Balaban J connectivity index is 2.27. The van der Waals surface area contributed by atoms with Gasteiger partial charge in [0.05, 0.1) is 0 Å². The second kappa shape index (κ2) is 3.60. The molecule has 1 heterocycles. The van der Waals surface area contributed by atoms with Gasteiger partial charge >= 0.3 is 0 Å². The van der Waals surface area contributed by atoms with Crippen molar-refractivity contribution in [3.63, 3.8) is 0 Å². The summed E-state index contributed by atoms with van der Waals surface area (Å²) in [5.41, 5.74) is 8.57. The summed E-state index contributed by atoms with van der Waals surface area (Å²) in [7, 11) is 0. The first-order chi connectivity index (χ1) is 6.68. The molecular formula is C12H18N2. The third-order valence-corrected chi connectivity index (χ3v) is 3.38. The highest BCUT2D eigenvalue weighted by Gasteiger charge is 2.22. The lowest BCUT2D eigenvalue weighted by Crippen LogP contribution is -2.20. The van der Waals surface area contributed by atoms with Crippen LogP contribution in [0, 0.1) is 11.8 Å². The summed E-state index contributed by atoms with van der Waals surface area (Å²) in [5.74, 6) is 2.34. The number of rotatable bonds is 1. The van der Waals surface area contributed by atoms with Crippen LogP contribution in [0.25, 0.3) is 0 Å². The van der Waals surface area contributed by atoms with Crippen LogP contribution in [0.2, 0.25) is 0 Å². The van der Waals surface area contributed by atoms with Gasteiger partial charge in [-0.15, -0.1) is 0 Å². The molecule has 76 valence electrons. The first-order valence-electron chi connectivity index (χ1n) is 5.40. The summed E-state index contributed by atoms with van der Waals surface area (Å²) in [4.78, 5) is 4.14. The first-order valence-corrected chi connectivity index (χ1v) is 5.40. The molecule has 2 rings (SSSR count). The molecule has 0 fully saturated rings. The number of hydrogen-bond acceptors (Lipinski definition) is 2. The summed E-state index contributed by atoms with van der Waals surface area (Å²) in [5, 5.41) is 0. The van der Waals surface area contributed by atoms with Crippen LogP contribution in [0.5, 0.6) is 0 Å². The molecule has 0 bridgehead atoms. The second-order valence-electron chi connectivity index (χ2n) is 4.58. The molecule has 1 unspecified atom stereocenters. The minimum Gasteiger partial charge on any atom is -0.383 e. The third kappa shape index (κ3) is 1.61. The number of aromatic nitrogens is 1. The van der Waals surface area contributed by atoms with Crippen molar-refractivity contribution in [1.82, 2.24) is 4.98 Å². The van der Waals surface area contributed by atoms with Crippen molar-refractivity contribution in [3.8, 4) is 0 Å². The average Bonchev–Trinajstić information content (AvgIpc) is 2.17. The van der Waals surface area contributed by atoms with Gasteiger partial charge in [-0.1, -0.05) is 13.8 Å². The summed E-state index contributed by atoms with van der Waals surface area (Å²) >= 11 is 0. The van der Waals surface area contributed by atoms with Crippen LogP contribution in [0.15, 0.2) is 12.3 Å². The number of nitrogens with zero attached hydrogens (tertiary/aromatic N) is 1. The molecule has 0 amide bonds. The number of anilines is 1. The van der Waals surface area contributed by atoms with E-state index in [1.807, 2.05) is 6.20 Å². The van der Waals surface area contributed by atoms with Crippen LogP contribution >= 0.6 is 0 Å². The van der Waals surface area contributed by atoms with Gasteiger partial charge in [-0.25, -0.2) is 4.98 Å². The molecule has 0 aromatic carbocycles. The van der Waals surface area contributed by atoms with Crippen LogP contribution < -0.4 is 5.73 Å². The summed E-state index contributed by atoms with van der Waals surface area (Å²) < 4.78 is 0. The molecule has 1 atom stereocenters.